The summed E-state index contributed by atoms with van der Waals surface area (Å²) in [6, 6.07) is 9.58. The molecule has 106 valence electrons. The Labute approximate surface area is 119 Å². The topological polar surface area (TPSA) is 58.9 Å². The minimum absolute atomic E-state index is 0.142. The van der Waals surface area contributed by atoms with E-state index in [-0.39, 0.29) is 5.91 Å². The van der Waals surface area contributed by atoms with E-state index in [1.54, 1.807) is 17.8 Å². The minimum atomic E-state index is -0.142. The first-order valence-electron chi connectivity index (χ1n) is 6.72. The Hall–Kier alpha value is -2.14. The van der Waals surface area contributed by atoms with E-state index in [1.807, 2.05) is 31.2 Å². The molecule has 1 aromatic heterocycles. The van der Waals surface area contributed by atoms with Gasteiger partial charge in [-0.25, -0.2) is 0 Å². The molecule has 0 atom stereocenters. The van der Waals surface area contributed by atoms with Crippen LogP contribution in [0.1, 0.15) is 28.7 Å². The number of carbonyl (C=O) groups excluding carboxylic acids is 1. The molecule has 5 heteroatoms. The predicted molar refractivity (Wildman–Crippen MR) is 79.7 cm³/mol. The second-order valence-electron chi connectivity index (χ2n) is 4.69. The summed E-state index contributed by atoms with van der Waals surface area (Å²) >= 11 is 0. The molecule has 2 N–H and O–H groups in total. The molecule has 1 amide bonds. The van der Waals surface area contributed by atoms with Crippen LogP contribution in [-0.2, 0) is 13.6 Å². The fourth-order valence-electron chi connectivity index (χ4n) is 2.07. The van der Waals surface area contributed by atoms with E-state index in [0.717, 1.165) is 30.0 Å². The summed E-state index contributed by atoms with van der Waals surface area (Å²) in [4.78, 5) is 12.3. The molecule has 2 rings (SSSR count). The van der Waals surface area contributed by atoms with Crippen LogP contribution in [0.2, 0.25) is 0 Å². The van der Waals surface area contributed by atoms with E-state index in [1.165, 1.54) is 0 Å². The van der Waals surface area contributed by atoms with Crippen molar-refractivity contribution < 1.29 is 4.79 Å². The highest BCUT2D eigenvalue weighted by Gasteiger charge is 2.13. The van der Waals surface area contributed by atoms with Gasteiger partial charge in [0, 0.05) is 19.3 Å². The maximum Gasteiger partial charge on any atom is 0.273 e. The van der Waals surface area contributed by atoms with E-state index in [0.29, 0.717) is 5.69 Å². The van der Waals surface area contributed by atoms with E-state index >= 15 is 0 Å². The maximum absolute atomic E-state index is 12.3. The second kappa shape index (κ2) is 6.34. The van der Waals surface area contributed by atoms with Gasteiger partial charge in [-0.05, 0) is 31.2 Å². The van der Waals surface area contributed by atoms with Crippen molar-refractivity contribution in [3.05, 3.63) is 47.3 Å². The first kappa shape index (κ1) is 14.3. The Morgan fingerprint density at radius 1 is 1.35 bits per heavy atom. The average molecular weight is 272 g/mol. The molecule has 1 aromatic carbocycles. The zero-order chi connectivity index (χ0) is 14.5. The molecule has 2 aromatic rings. The number of benzene rings is 1. The molecule has 1 heterocycles. The van der Waals surface area contributed by atoms with Crippen LogP contribution in [0.25, 0.3) is 0 Å². The summed E-state index contributed by atoms with van der Waals surface area (Å²) in [5, 5.41) is 10.4. The van der Waals surface area contributed by atoms with Crippen molar-refractivity contribution >= 4 is 11.6 Å². The molecule has 0 aliphatic rings. The van der Waals surface area contributed by atoms with Crippen LogP contribution in [0, 0.1) is 6.92 Å². The molecule has 0 spiro atoms. The fraction of sp³-hybridized carbons (Fsp3) is 0.333. The first-order valence-corrected chi connectivity index (χ1v) is 6.72. The number of nitrogens with zero attached hydrogens (tertiary/aromatic N) is 2. The lowest BCUT2D eigenvalue weighted by atomic mass is 10.1. The van der Waals surface area contributed by atoms with Crippen LogP contribution in [-0.4, -0.2) is 22.2 Å². The smallest absolute Gasteiger partial charge is 0.273 e. The van der Waals surface area contributed by atoms with Gasteiger partial charge >= 0.3 is 0 Å². The van der Waals surface area contributed by atoms with Gasteiger partial charge in [0.15, 0.2) is 0 Å². The van der Waals surface area contributed by atoms with Gasteiger partial charge in [-0.1, -0.05) is 25.1 Å². The number of carbonyl (C=O) groups is 1. The van der Waals surface area contributed by atoms with Gasteiger partial charge in [0.05, 0.1) is 5.69 Å². The van der Waals surface area contributed by atoms with Crippen LogP contribution in [0.3, 0.4) is 0 Å². The Morgan fingerprint density at radius 2 is 2.10 bits per heavy atom. The highest BCUT2D eigenvalue weighted by atomic mass is 16.2. The Balaban J connectivity index is 2.17. The molecule has 0 aliphatic carbocycles. The third kappa shape index (κ3) is 3.24. The number of anilines is 1. The van der Waals surface area contributed by atoms with Gasteiger partial charge in [0.2, 0.25) is 0 Å². The van der Waals surface area contributed by atoms with Gasteiger partial charge in [0.1, 0.15) is 5.69 Å². The summed E-state index contributed by atoms with van der Waals surface area (Å²) in [6.07, 6.45) is 0. The van der Waals surface area contributed by atoms with Crippen LogP contribution >= 0.6 is 0 Å². The summed E-state index contributed by atoms with van der Waals surface area (Å²) in [6.45, 7) is 5.55. The molecular formula is C15H20N4O. The molecule has 20 heavy (non-hydrogen) atoms. The molecule has 0 bridgehead atoms. The molecular weight excluding hydrogens is 252 g/mol. The Kier molecular flexibility index (Phi) is 4.53. The lowest BCUT2D eigenvalue weighted by Crippen LogP contribution is -2.19. The first-order chi connectivity index (χ1) is 9.61. The van der Waals surface area contributed by atoms with Gasteiger partial charge in [-0.3, -0.25) is 9.48 Å². The van der Waals surface area contributed by atoms with E-state index in [2.05, 4.69) is 22.7 Å². The summed E-state index contributed by atoms with van der Waals surface area (Å²) < 4.78 is 1.59. The standard InChI is InChI=1S/C15H20N4O/c1-4-16-10-12-7-5-6-8-13(12)17-15(20)14-9-11(2)18-19(14)3/h5-9,16H,4,10H2,1-3H3,(H,17,20). The largest absolute Gasteiger partial charge is 0.320 e. The number of hydrogen-bond acceptors (Lipinski definition) is 3. The number of hydrogen-bond donors (Lipinski definition) is 2. The second-order valence-corrected chi connectivity index (χ2v) is 4.69. The zero-order valence-corrected chi connectivity index (χ0v) is 12.1. The van der Waals surface area contributed by atoms with Crippen molar-refractivity contribution in [3.63, 3.8) is 0 Å². The highest BCUT2D eigenvalue weighted by molar-refractivity contribution is 6.03. The summed E-state index contributed by atoms with van der Waals surface area (Å²) in [5.41, 5.74) is 3.29. The van der Waals surface area contributed by atoms with Crippen LogP contribution in [0.15, 0.2) is 30.3 Å². The Morgan fingerprint density at radius 3 is 2.75 bits per heavy atom. The monoisotopic (exact) mass is 272 g/mol. The Bertz CT molecular complexity index is 604. The molecule has 0 saturated carbocycles. The quantitative estimate of drug-likeness (QED) is 0.876. The third-order valence-corrected chi connectivity index (χ3v) is 3.07. The predicted octanol–water partition coefficient (Wildman–Crippen LogP) is 2.09. The van der Waals surface area contributed by atoms with Crippen molar-refractivity contribution in [2.75, 3.05) is 11.9 Å². The van der Waals surface area contributed by atoms with Crippen molar-refractivity contribution in [1.29, 1.82) is 0 Å². The minimum Gasteiger partial charge on any atom is -0.320 e. The third-order valence-electron chi connectivity index (χ3n) is 3.07. The normalized spacial score (nSPS) is 10.6. The summed E-state index contributed by atoms with van der Waals surface area (Å²) in [7, 11) is 1.77. The molecule has 0 saturated heterocycles. The molecule has 0 fully saturated rings. The number of aromatic nitrogens is 2. The number of para-hydroxylation sites is 1. The number of nitrogens with one attached hydrogen (secondary N) is 2. The van der Waals surface area contributed by atoms with E-state index < -0.39 is 0 Å². The number of rotatable bonds is 5. The van der Waals surface area contributed by atoms with Crippen LogP contribution < -0.4 is 10.6 Å². The molecule has 0 unspecified atom stereocenters. The van der Waals surface area contributed by atoms with Gasteiger partial charge in [-0.15, -0.1) is 0 Å². The highest BCUT2D eigenvalue weighted by Crippen LogP contribution is 2.16. The van der Waals surface area contributed by atoms with Gasteiger partial charge < -0.3 is 10.6 Å². The molecule has 0 aliphatic heterocycles. The van der Waals surface area contributed by atoms with Crippen molar-refractivity contribution in [1.82, 2.24) is 15.1 Å². The fourth-order valence-corrected chi connectivity index (χ4v) is 2.07. The summed E-state index contributed by atoms with van der Waals surface area (Å²) in [5.74, 6) is -0.142. The van der Waals surface area contributed by atoms with Crippen molar-refractivity contribution in [3.8, 4) is 0 Å². The lowest BCUT2D eigenvalue weighted by Gasteiger charge is -2.11. The van der Waals surface area contributed by atoms with Gasteiger partial charge in [0.25, 0.3) is 5.91 Å². The lowest BCUT2D eigenvalue weighted by molar-refractivity contribution is 0.101. The molecule has 5 nitrogen and oxygen atoms in total. The number of aryl methyl sites for hydroxylation is 2. The van der Waals surface area contributed by atoms with E-state index in [4.69, 9.17) is 0 Å². The average Bonchev–Trinajstić information content (AvgIpc) is 2.77. The van der Waals surface area contributed by atoms with Crippen LogP contribution in [0.4, 0.5) is 5.69 Å². The molecule has 0 radical (unpaired) electrons. The van der Waals surface area contributed by atoms with Crippen molar-refractivity contribution in [2.24, 2.45) is 7.05 Å². The SMILES string of the molecule is CCNCc1ccccc1NC(=O)c1cc(C)nn1C. The van der Waals surface area contributed by atoms with Gasteiger partial charge in [-0.2, -0.15) is 5.10 Å². The number of amides is 1. The maximum atomic E-state index is 12.3. The van der Waals surface area contributed by atoms with Crippen LogP contribution in [0.5, 0.6) is 0 Å². The van der Waals surface area contributed by atoms with Crippen molar-refractivity contribution in [2.45, 2.75) is 20.4 Å². The zero-order valence-electron chi connectivity index (χ0n) is 12.1. The van der Waals surface area contributed by atoms with E-state index in [9.17, 15) is 4.79 Å².